The van der Waals surface area contributed by atoms with Crippen molar-refractivity contribution >= 4 is 18.1 Å². The quantitative estimate of drug-likeness (QED) is 0.478. The Labute approximate surface area is 157 Å². The van der Waals surface area contributed by atoms with Crippen LogP contribution in [0.15, 0.2) is 67.0 Å². The molecule has 5 heteroatoms. The Hall–Kier alpha value is -3.60. The van der Waals surface area contributed by atoms with Crippen LogP contribution in [0.1, 0.15) is 21.5 Å². The number of nitrogens with zero attached hydrogens (tertiary/aromatic N) is 1. The van der Waals surface area contributed by atoms with Crippen molar-refractivity contribution in [2.75, 3.05) is 14.2 Å². The molecular formula is C22H19NO4. The third kappa shape index (κ3) is 4.52. The predicted molar refractivity (Wildman–Crippen MR) is 104 cm³/mol. The molecule has 1 heterocycles. The highest BCUT2D eigenvalue weighted by atomic mass is 16.6. The summed E-state index contributed by atoms with van der Waals surface area (Å²) < 4.78 is 16.1. The third-order valence-corrected chi connectivity index (χ3v) is 3.89. The lowest BCUT2D eigenvalue weighted by atomic mass is 10.1. The number of ether oxygens (including phenoxy) is 3. The molecule has 27 heavy (non-hydrogen) atoms. The molecule has 3 aromatic rings. The van der Waals surface area contributed by atoms with Gasteiger partial charge in [0.1, 0.15) is 11.3 Å². The minimum absolute atomic E-state index is 0.342. The molecule has 2 aromatic carbocycles. The normalized spacial score (nSPS) is 10.6. The van der Waals surface area contributed by atoms with Crippen LogP contribution >= 0.6 is 0 Å². The van der Waals surface area contributed by atoms with Crippen molar-refractivity contribution in [1.29, 1.82) is 0 Å². The molecule has 0 bridgehead atoms. The SMILES string of the molecule is COc1cc(/C=C/c2ccncc2)ccc1OC(=O)c1ccccc1OC. The van der Waals surface area contributed by atoms with Crippen LogP contribution < -0.4 is 14.2 Å². The highest BCUT2D eigenvalue weighted by Gasteiger charge is 2.16. The molecule has 0 unspecified atom stereocenters. The van der Waals surface area contributed by atoms with Crippen LogP contribution in [-0.2, 0) is 0 Å². The van der Waals surface area contributed by atoms with Crippen LogP contribution in [0.25, 0.3) is 12.2 Å². The summed E-state index contributed by atoms with van der Waals surface area (Å²) in [6, 6.07) is 16.1. The van der Waals surface area contributed by atoms with Crippen LogP contribution in [0, 0.1) is 0 Å². The fraction of sp³-hybridized carbons (Fsp3) is 0.0909. The van der Waals surface area contributed by atoms with Crippen LogP contribution in [0.3, 0.4) is 0 Å². The standard InChI is InChI=1S/C22H19NO4/c1-25-19-6-4-3-5-18(19)22(24)27-20-10-9-17(15-21(20)26-2)8-7-16-11-13-23-14-12-16/h3-15H,1-2H3/b8-7+. The first-order chi connectivity index (χ1) is 13.2. The van der Waals surface area contributed by atoms with Crippen LogP contribution in [-0.4, -0.2) is 25.2 Å². The molecule has 0 aliphatic carbocycles. The first kappa shape index (κ1) is 18.2. The summed E-state index contributed by atoms with van der Waals surface area (Å²) in [5.74, 6) is 0.758. The van der Waals surface area contributed by atoms with Gasteiger partial charge >= 0.3 is 5.97 Å². The van der Waals surface area contributed by atoms with Crippen molar-refractivity contribution in [2.24, 2.45) is 0 Å². The van der Waals surface area contributed by atoms with E-state index in [-0.39, 0.29) is 0 Å². The van der Waals surface area contributed by atoms with E-state index < -0.39 is 5.97 Å². The maximum Gasteiger partial charge on any atom is 0.347 e. The van der Waals surface area contributed by atoms with Gasteiger partial charge in [0.2, 0.25) is 0 Å². The number of hydrogen-bond donors (Lipinski definition) is 0. The number of carbonyl (C=O) groups excluding carboxylic acids is 1. The Kier molecular flexibility index (Phi) is 5.84. The number of para-hydroxylation sites is 1. The molecule has 1 aromatic heterocycles. The Balaban J connectivity index is 1.80. The number of hydrogen-bond acceptors (Lipinski definition) is 5. The van der Waals surface area contributed by atoms with E-state index in [1.54, 1.807) is 42.7 Å². The molecule has 0 saturated heterocycles. The average molecular weight is 361 g/mol. The van der Waals surface area contributed by atoms with Gasteiger partial charge in [0.05, 0.1) is 14.2 Å². The lowest BCUT2D eigenvalue weighted by molar-refractivity contribution is 0.0726. The average Bonchev–Trinajstić information content (AvgIpc) is 2.73. The summed E-state index contributed by atoms with van der Waals surface area (Å²) in [5.41, 5.74) is 2.31. The number of rotatable bonds is 6. The number of esters is 1. The van der Waals surface area contributed by atoms with Crippen molar-refractivity contribution in [3.63, 3.8) is 0 Å². The van der Waals surface area contributed by atoms with E-state index in [4.69, 9.17) is 14.2 Å². The molecule has 0 spiro atoms. The molecule has 0 saturated carbocycles. The lowest BCUT2D eigenvalue weighted by Gasteiger charge is -2.11. The zero-order chi connectivity index (χ0) is 19.1. The maximum atomic E-state index is 12.5. The fourth-order valence-electron chi connectivity index (χ4n) is 2.51. The van der Waals surface area contributed by atoms with E-state index in [1.807, 2.05) is 36.4 Å². The van der Waals surface area contributed by atoms with E-state index in [9.17, 15) is 4.79 Å². The van der Waals surface area contributed by atoms with E-state index in [0.29, 0.717) is 22.8 Å². The summed E-state index contributed by atoms with van der Waals surface area (Å²) in [4.78, 5) is 16.5. The highest BCUT2D eigenvalue weighted by Crippen LogP contribution is 2.30. The Bertz CT molecular complexity index is 952. The Morgan fingerprint density at radius 2 is 1.52 bits per heavy atom. The van der Waals surface area contributed by atoms with Gasteiger partial charge in [0.15, 0.2) is 11.5 Å². The maximum absolute atomic E-state index is 12.5. The van der Waals surface area contributed by atoms with E-state index in [2.05, 4.69) is 4.98 Å². The van der Waals surface area contributed by atoms with Crippen molar-refractivity contribution in [3.05, 3.63) is 83.7 Å². The van der Waals surface area contributed by atoms with Crippen LogP contribution in [0.5, 0.6) is 17.2 Å². The first-order valence-electron chi connectivity index (χ1n) is 8.32. The summed E-state index contributed by atoms with van der Waals surface area (Å²) in [7, 11) is 3.04. The molecule has 0 radical (unpaired) electrons. The molecule has 0 N–H and O–H groups in total. The van der Waals surface area contributed by atoms with Gasteiger partial charge in [-0.1, -0.05) is 30.4 Å². The molecule has 3 rings (SSSR count). The molecule has 0 aliphatic heterocycles. The smallest absolute Gasteiger partial charge is 0.347 e. The van der Waals surface area contributed by atoms with Gasteiger partial charge in [-0.3, -0.25) is 4.98 Å². The van der Waals surface area contributed by atoms with Gasteiger partial charge in [0.25, 0.3) is 0 Å². The molecule has 136 valence electrons. The van der Waals surface area contributed by atoms with Gasteiger partial charge in [-0.2, -0.15) is 0 Å². The number of pyridine rings is 1. The minimum Gasteiger partial charge on any atom is -0.496 e. The summed E-state index contributed by atoms with van der Waals surface area (Å²) >= 11 is 0. The van der Waals surface area contributed by atoms with E-state index in [0.717, 1.165) is 11.1 Å². The minimum atomic E-state index is -0.508. The molecular weight excluding hydrogens is 342 g/mol. The Morgan fingerprint density at radius 3 is 2.26 bits per heavy atom. The monoisotopic (exact) mass is 361 g/mol. The fourth-order valence-corrected chi connectivity index (χ4v) is 2.51. The summed E-state index contributed by atoms with van der Waals surface area (Å²) in [6.07, 6.45) is 7.39. The van der Waals surface area contributed by atoms with Crippen LogP contribution in [0.4, 0.5) is 0 Å². The van der Waals surface area contributed by atoms with Crippen molar-refractivity contribution in [3.8, 4) is 17.2 Å². The topological polar surface area (TPSA) is 57.7 Å². The predicted octanol–water partition coefficient (Wildman–Crippen LogP) is 4.49. The first-order valence-corrected chi connectivity index (χ1v) is 8.32. The van der Waals surface area contributed by atoms with E-state index in [1.165, 1.54) is 14.2 Å². The highest BCUT2D eigenvalue weighted by molar-refractivity contribution is 5.94. The van der Waals surface area contributed by atoms with E-state index >= 15 is 0 Å². The second kappa shape index (κ2) is 8.67. The lowest BCUT2D eigenvalue weighted by Crippen LogP contribution is -2.10. The number of aromatic nitrogens is 1. The van der Waals surface area contributed by atoms with Crippen LogP contribution in [0.2, 0.25) is 0 Å². The molecule has 0 atom stereocenters. The second-order valence-corrected chi connectivity index (χ2v) is 5.61. The number of carbonyl (C=O) groups is 1. The zero-order valence-corrected chi connectivity index (χ0v) is 15.1. The summed E-state index contributed by atoms with van der Waals surface area (Å²) in [5, 5.41) is 0. The number of benzene rings is 2. The van der Waals surface area contributed by atoms with Gasteiger partial charge in [0, 0.05) is 12.4 Å². The second-order valence-electron chi connectivity index (χ2n) is 5.61. The molecule has 0 aliphatic rings. The molecule has 5 nitrogen and oxygen atoms in total. The molecule has 0 amide bonds. The Morgan fingerprint density at radius 1 is 0.815 bits per heavy atom. The van der Waals surface area contributed by atoms with Gasteiger partial charge in [-0.15, -0.1) is 0 Å². The van der Waals surface area contributed by atoms with Gasteiger partial charge < -0.3 is 14.2 Å². The zero-order valence-electron chi connectivity index (χ0n) is 15.1. The van der Waals surface area contributed by atoms with Gasteiger partial charge in [-0.25, -0.2) is 4.79 Å². The largest absolute Gasteiger partial charge is 0.496 e. The van der Waals surface area contributed by atoms with Crippen molar-refractivity contribution < 1.29 is 19.0 Å². The summed E-state index contributed by atoms with van der Waals surface area (Å²) in [6.45, 7) is 0. The van der Waals surface area contributed by atoms with Gasteiger partial charge in [-0.05, 0) is 47.5 Å². The molecule has 0 fully saturated rings. The van der Waals surface area contributed by atoms with Crippen molar-refractivity contribution in [2.45, 2.75) is 0 Å². The van der Waals surface area contributed by atoms with Crippen molar-refractivity contribution in [1.82, 2.24) is 4.98 Å². The number of methoxy groups -OCH3 is 2. The third-order valence-electron chi connectivity index (χ3n) is 3.89.